The number of carbonyl (C=O) groups is 1. The number of pyridine rings is 2. The third kappa shape index (κ3) is 8.05. The Hall–Kier alpha value is -5.32. The van der Waals surface area contributed by atoms with Gasteiger partial charge in [-0.2, -0.15) is 0 Å². The average Bonchev–Trinajstić information content (AvgIpc) is 3.76. The zero-order valence-electron chi connectivity index (χ0n) is 34.0. The molecule has 4 aromatic carbocycles. The van der Waals surface area contributed by atoms with Crippen LogP contribution in [0, 0.1) is 31.8 Å². The fourth-order valence-electron chi connectivity index (χ4n) is 7.27. The number of fused-ring (bicyclic) bond motifs is 4. The van der Waals surface area contributed by atoms with Crippen LogP contribution in [-0.4, -0.2) is 38.8 Å². The summed E-state index contributed by atoms with van der Waals surface area (Å²) in [6.45, 7) is 19.7. The molecule has 0 atom stereocenters. The number of imidazole rings is 1. The molecule has 11 heteroatoms. The quantitative estimate of drug-likeness (QED) is 0.0734. The zero-order chi connectivity index (χ0) is 40.8. The number of benzene rings is 4. The van der Waals surface area contributed by atoms with Gasteiger partial charge in [0.1, 0.15) is 5.58 Å². The van der Waals surface area contributed by atoms with E-state index in [1.165, 1.54) is 28.1 Å². The number of aromatic nitrogens is 4. The molecule has 4 heterocycles. The van der Waals surface area contributed by atoms with Crippen LogP contribution in [0.3, 0.4) is 0 Å². The van der Waals surface area contributed by atoms with Crippen LogP contribution in [0.15, 0.2) is 95.5 Å². The fraction of sp³-hybridized carbons (Fsp3) is 0.234. The summed E-state index contributed by atoms with van der Waals surface area (Å²) in [6, 6.07) is 33.1. The summed E-state index contributed by atoms with van der Waals surface area (Å²) in [7, 11) is -1.45. The summed E-state index contributed by atoms with van der Waals surface area (Å²) in [5.74, 6) is -0.160. The molecule has 8 nitrogen and oxygen atoms in total. The van der Waals surface area contributed by atoms with Gasteiger partial charge in [0.2, 0.25) is 0 Å². The first-order valence-corrected chi connectivity index (χ1v) is 22.5. The topological polar surface area (TPSA) is 103 Å². The smallest absolute Gasteiger partial charge is 0.333 e. The maximum atomic E-state index is 14.0. The summed E-state index contributed by atoms with van der Waals surface area (Å²) in [6.07, 6.45) is 1.75. The van der Waals surface area contributed by atoms with Gasteiger partial charge in [-0.3, -0.25) is 19.2 Å². The Balaban J connectivity index is 0.000000221. The van der Waals surface area contributed by atoms with Gasteiger partial charge in [-0.15, -0.1) is 30.3 Å². The second kappa shape index (κ2) is 16.9. The Morgan fingerprint density at radius 3 is 2.21 bits per heavy atom. The van der Waals surface area contributed by atoms with Gasteiger partial charge in [-0.1, -0.05) is 118 Å². The van der Waals surface area contributed by atoms with Crippen molar-refractivity contribution in [3.05, 3.63) is 137 Å². The Labute approximate surface area is 352 Å². The molecule has 0 fully saturated rings. The first-order valence-electron chi connectivity index (χ1n) is 19.0. The van der Waals surface area contributed by atoms with Gasteiger partial charge in [0.15, 0.2) is 0 Å². The molecular weight excluding hydrogens is 924 g/mol. The summed E-state index contributed by atoms with van der Waals surface area (Å²) in [4.78, 5) is 29.0. The number of carbonyl (C=O) groups excluding carboxylic acids is 1. The predicted molar refractivity (Wildman–Crippen MR) is 228 cm³/mol. The first kappa shape index (κ1) is 42.3. The van der Waals surface area contributed by atoms with Crippen LogP contribution in [0.1, 0.15) is 72.4 Å². The van der Waals surface area contributed by atoms with E-state index in [9.17, 15) is 9.18 Å². The van der Waals surface area contributed by atoms with E-state index < -0.39 is 19.9 Å². The maximum Gasteiger partial charge on any atom is 0.333 e. The minimum absolute atomic E-state index is 0. The zero-order valence-corrected chi connectivity index (χ0v) is 37.4. The summed E-state index contributed by atoms with van der Waals surface area (Å²) >= 11 is 0. The van der Waals surface area contributed by atoms with Crippen LogP contribution in [0.4, 0.5) is 4.39 Å². The van der Waals surface area contributed by atoms with Crippen LogP contribution >= 0.6 is 0 Å². The molecular formula is C47H45FIrN4O4Si-2. The van der Waals surface area contributed by atoms with Crippen molar-refractivity contribution in [3.63, 3.8) is 0 Å². The third-order valence-electron chi connectivity index (χ3n) is 10.2. The first-order chi connectivity index (χ1) is 27.2. The summed E-state index contributed by atoms with van der Waals surface area (Å²) in [5, 5.41) is 11.6. The average molecular weight is 969 g/mol. The molecule has 8 rings (SSSR count). The normalized spacial score (nSPS) is 11.6. The molecule has 299 valence electrons. The van der Waals surface area contributed by atoms with Crippen molar-refractivity contribution in [1.29, 1.82) is 0 Å². The van der Waals surface area contributed by atoms with Gasteiger partial charge in [0, 0.05) is 48.9 Å². The van der Waals surface area contributed by atoms with Crippen LogP contribution in [0.5, 0.6) is 0 Å². The molecule has 1 N–H and O–H groups in total. The van der Waals surface area contributed by atoms with E-state index in [0.29, 0.717) is 17.5 Å². The summed E-state index contributed by atoms with van der Waals surface area (Å²) < 4.78 is 22.8. The van der Waals surface area contributed by atoms with E-state index in [2.05, 4.69) is 123 Å². The van der Waals surface area contributed by atoms with Crippen LogP contribution in [-0.2, 0) is 25.0 Å². The minimum Gasteiger partial charge on any atom is -0.501 e. The van der Waals surface area contributed by atoms with Crippen molar-refractivity contribution in [1.82, 2.24) is 19.5 Å². The molecule has 58 heavy (non-hydrogen) atoms. The molecule has 0 amide bonds. The number of furan rings is 1. The molecule has 8 aromatic rings. The minimum atomic E-state index is -1.45. The summed E-state index contributed by atoms with van der Waals surface area (Å²) in [5.41, 5.74) is 10.7. The second-order valence-corrected chi connectivity index (χ2v) is 21.0. The Bertz CT molecular complexity index is 2760. The standard InChI is InChI=1S/C32H30N3O.C15H15FNO3Si.Ir/c1-18(2)22-12-9-13-23(19(3)4)30(22)35-29-21(6)33-20(5)17-27(29)34-32(35)26-15-10-14-25-24-11-7-8-16-28(24)36-31(25)26;1-21(2,3)11-5-7-14(17-9-11)12-6-4-10(8-13(12)16)15(18)20-19;/h7-14,16-19H,1-6H3;4-5,7-9,19H,1-3H3;/q2*-1;. The number of aryl methyl sites for hydroxylation is 2. The van der Waals surface area contributed by atoms with Gasteiger partial charge in [-0.05, 0) is 65.4 Å². The van der Waals surface area contributed by atoms with Gasteiger partial charge in [-0.25, -0.2) is 5.26 Å². The number of nitrogens with zero attached hydrogens (tertiary/aromatic N) is 4. The van der Waals surface area contributed by atoms with Gasteiger partial charge in [0.25, 0.3) is 0 Å². The van der Waals surface area contributed by atoms with Crippen molar-refractivity contribution in [2.24, 2.45) is 0 Å². The van der Waals surface area contributed by atoms with E-state index in [-0.39, 0.29) is 31.2 Å². The molecule has 0 saturated carbocycles. The van der Waals surface area contributed by atoms with Crippen LogP contribution in [0.25, 0.3) is 61.3 Å². The molecule has 0 aliphatic heterocycles. The number of hydrogen-bond acceptors (Lipinski definition) is 7. The van der Waals surface area contributed by atoms with E-state index in [0.717, 1.165) is 61.8 Å². The number of para-hydroxylation sites is 2. The van der Waals surface area contributed by atoms with Crippen molar-refractivity contribution >= 4 is 52.2 Å². The number of rotatable bonds is 7. The van der Waals surface area contributed by atoms with E-state index >= 15 is 0 Å². The van der Waals surface area contributed by atoms with E-state index in [1.807, 2.05) is 31.2 Å². The molecule has 0 saturated heterocycles. The number of halogens is 1. The van der Waals surface area contributed by atoms with Crippen molar-refractivity contribution in [3.8, 4) is 28.3 Å². The fourth-order valence-corrected chi connectivity index (χ4v) is 8.30. The molecule has 0 bridgehead atoms. The Kier molecular flexibility index (Phi) is 12.3. The molecule has 0 aliphatic carbocycles. The Morgan fingerprint density at radius 2 is 1.59 bits per heavy atom. The van der Waals surface area contributed by atoms with Gasteiger partial charge in [0.05, 0.1) is 36.2 Å². The Morgan fingerprint density at radius 1 is 0.879 bits per heavy atom. The molecule has 0 unspecified atom stereocenters. The molecule has 1 radical (unpaired) electrons. The van der Waals surface area contributed by atoms with Crippen molar-refractivity contribution in [2.45, 2.75) is 73.0 Å². The van der Waals surface area contributed by atoms with E-state index in [4.69, 9.17) is 19.6 Å². The largest absolute Gasteiger partial charge is 0.501 e. The van der Waals surface area contributed by atoms with Crippen LogP contribution in [0.2, 0.25) is 19.6 Å². The second-order valence-electron chi connectivity index (χ2n) is 15.9. The van der Waals surface area contributed by atoms with Crippen LogP contribution < -0.4 is 5.19 Å². The van der Waals surface area contributed by atoms with E-state index in [1.54, 1.807) is 12.3 Å². The SMILES string of the molecule is C[Si](C)(C)c1ccc(-c2[c-]cc(C(=O)OO)cc2F)nc1.Cc1cc2nc(-c3[c-]ccc4c3oc3ccccc34)n(-c3c(C(C)C)cccc3C(C)C)c2c(C)n1.[Ir]. The number of hydrogen-bond donors (Lipinski definition) is 1. The monoisotopic (exact) mass is 969 g/mol. The molecule has 0 aliphatic rings. The predicted octanol–water partition coefficient (Wildman–Crippen LogP) is 11.5. The van der Waals surface area contributed by atoms with Gasteiger partial charge < -0.3 is 18.9 Å². The maximum absolute atomic E-state index is 14.0. The van der Waals surface area contributed by atoms with Crippen molar-refractivity contribution in [2.75, 3.05) is 0 Å². The van der Waals surface area contributed by atoms with Gasteiger partial charge >= 0.3 is 5.97 Å². The van der Waals surface area contributed by atoms with Crippen molar-refractivity contribution < 1.29 is 43.9 Å². The molecule has 0 spiro atoms. The molecule has 4 aromatic heterocycles. The third-order valence-corrected chi connectivity index (χ3v) is 12.2.